The molecule has 1 aromatic heterocycles. The standard InChI is InChI=1S/C12H13BrN2O2S/c1-7-11(13)3-9(5-14-7)15-6-10(4-12(15)17)18-8(2)16/h3,5,10H,4,6H2,1-2H3. The number of carbonyl (C=O) groups excluding carboxylic acids is 2. The Balaban J connectivity index is 2.16. The van der Waals surface area contributed by atoms with Gasteiger partial charge in [0.05, 0.1) is 17.6 Å². The van der Waals surface area contributed by atoms with Gasteiger partial charge in [-0.05, 0) is 28.9 Å². The quantitative estimate of drug-likeness (QED) is 0.837. The average molecular weight is 329 g/mol. The Bertz CT molecular complexity index is 507. The fraction of sp³-hybridized carbons (Fsp3) is 0.417. The van der Waals surface area contributed by atoms with Crippen molar-refractivity contribution in [3.05, 3.63) is 22.4 Å². The van der Waals surface area contributed by atoms with Crippen molar-refractivity contribution >= 4 is 44.4 Å². The fourth-order valence-electron chi connectivity index (χ4n) is 1.88. The van der Waals surface area contributed by atoms with Crippen LogP contribution in [0.1, 0.15) is 19.0 Å². The van der Waals surface area contributed by atoms with Crippen LogP contribution in [0.3, 0.4) is 0 Å². The van der Waals surface area contributed by atoms with E-state index in [9.17, 15) is 9.59 Å². The third kappa shape index (κ3) is 2.92. The van der Waals surface area contributed by atoms with Crippen molar-refractivity contribution in [3.63, 3.8) is 0 Å². The first-order chi connectivity index (χ1) is 8.47. The highest BCUT2D eigenvalue weighted by Crippen LogP contribution is 2.30. The van der Waals surface area contributed by atoms with Crippen LogP contribution < -0.4 is 4.90 Å². The maximum absolute atomic E-state index is 11.9. The monoisotopic (exact) mass is 328 g/mol. The van der Waals surface area contributed by atoms with Crippen molar-refractivity contribution < 1.29 is 9.59 Å². The summed E-state index contributed by atoms with van der Waals surface area (Å²) >= 11 is 4.65. The molecule has 1 aliphatic rings. The lowest BCUT2D eigenvalue weighted by molar-refractivity contribution is -0.117. The molecule has 0 radical (unpaired) electrons. The fourth-order valence-corrected chi connectivity index (χ4v) is 3.14. The van der Waals surface area contributed by atoms with Gasteiger partial charge in [0, 0.05) is 29.6 Å². The van der Waals surface area contributed by atoms with Crippen LogP contribution in [0.15, 0.2) is 16.7 Å². The summed E-state index contributed by atoms with van der Waals surface area (Å²) in [5, 5.41) is 0.105. The highest BCUT2D eigenvalue weighted by atomic mass is 79.9. The number of halogens is 1. The molecule has 0 bridgehead atoms. The highest BCUT2D eigenvalue weighted by molar-refractivity contribution is 9.10. The molecule has 1 atom stereocenters. The Hall–Kier alpha value is -0.880. The van der Waals surface area contributed by atoms with E-state index in [0.29, 0.717) is 13.0 Å². The summed E-state index contributed by atoms with van der Waals surface area (Å²) in [5.74, 6) is 0.0475. The normalized spacial score (nSPS) is 19.4. The van der Waals surface area contributed by atoms with Crippen LogP contribution in [0.25, 0.3) is 0 Å². The molecule has 96 valence electrons. The molecule has 1 fully saturated rings. The first kappa shape index (κ1) is 13.5. The number of carbonyl (C=O) groups is 2. The number of pyridine rings is 1. The van der Waals surface area contributed by atoms with E-state index in [4.69, 9.17) is 0 Å². The van der Waals surface area contributed by atoms with E-state index in [1.807, 2.05) is 13.0 Å². The van der Waals surface area contributed by atoms with Crippen molar-refractivity contribution in [2.24, 2.45) is 0 Å². The van der Waals surface area contributed by atoms with E-state index in [1.165, 1.54) is 18.7 Å². The number of rotatable bonds is 2. The number of amides is 1. The van der Waals surface area contributed by atoms with Crippen molar-refractivity contribution in [1.29, 1.82) is 0 Å². The van der Waals surface area contributed by atoms with Gasteiger partial charge in [-0.25, -0.2) is 0 Å². The van der Waals surface area contributed by atoms with Crippen LogP contribution in [0.4, 0.5) is 5.69 Å². The molecule has 4 nitrogen and oxygen atoms in total. The Kier molecular flexibility index (Phi) is 4.07. The molecule has 2 rings (SSSR count). The van der Waals surface area contributed by atoms with Crippen molar-refractivity contribution in [3.8, 4) is 0 Å². The van der Waals surface area contributed by atoms with Gasteiger partial charge in [0.25, 0.3) is 0 Å². The van der Waals surface area contributed by atoms with Crippen LogP contribution in [-0.4, -0.2) is 27.8 Å². The Morgan fingerprint density at radius 3 is 2.94 bits per heavy atom. The van der Waals surface area contributed by atoms with Crippen molar-refractivity contribution in [2.45, 2.75) is 25.5 Å². The zero-order valence-electron chi connectivity index (χ0n) is 10.1. The maximum atomic E-state index is 11.9. The Morgan fingerprint density at radius 1 is 1.61 bits per heavy atom. The molecule has 0 aromatic carbocycles. The molecule has 1 aliphatic heterocycles. The number of anilines is 1. The Morgan fingerprint density at radius 2 is 2.33 bits per heavy atom. The number of hydrogen-bond acceptors (Lipinski definition) is 4. The summed E-state index contributed by atoms with van der Waals surface area (Å²) in [6.07, 6.45) is 2.11. The largest absolute Gasteiger partial charge is 0.310 e. The minimum Gasteiger partial charge on any atom is -0.310 e. The van der Waals surface area contributed by atoms with Gasteiger partial charge in [-0.3, -0.25) is 14.6 Å². The second-order valence-electron chi connectivity index (χ2n) is 4.20. The zero-order chi connectivity index (χ0) is 13.3. The SMILES string of the molecule is CC(=O)SC1CC(=O)N(c2cnc(C)c(Br)c2)C1. The van der Waals surface area contributed by atoms with Crippen molar-refractivity contribution in [1.82, 2.24) is 4.98 Å². The molecule has 1 unspecified atom stereocenters. The lowest BCUT2D eigenvalue weighted by Gasteiger charge is -2.16. The van der Waals surface area contributed by atoms with Gasteiger partial charge in [-0.1, -0.05) is 11.8 Å². The minimum atomic E-state index is 0.0475. The van der Waals surface area contributed by atoms with E-state index in [0.717, 1.165) is 15.9 Å². The van der Waals surface area contributed by atoms with Gasteiger partial charge in [0.1, 0.15) is 0 Å². The van der Waals surface area contributed by atoms with Gasteiger partial charge in [-0.2, -0.15) is 0 Å². The molecule has 0 N–H and O–H groups in total. The molecule has 1 amide bonds. The molecule has 1 aromatic rings. The van der Waals surface area contributed by atoms with E-state index < -0.39 is 0 Å². The second-order valence-corrected chi connectivity index (χ2v) is 6.53. The van der Waals surface area contributed by atoms with Crippen LogP contribution >= 0.6 is 27.7 Å². The third-order valence-corrected chi connectivity index (χ3v) is 4.53. The molecule has 0 saturated carbocycles. The third-order valence-electron chi connectivity index (χ3n) is 2.74. The molecular formula is C12H13BrN2O2S. The molecule has 0 aliphatic carbocycles. The van der Waals surface area contributed by atoms with Crippen molar-refractivity contribution in [2.75, 3.05) is 11.4 Å². The van der Waals surface area contributed by atoms with Crippen LogP contribution in [0.5, 0.6) is 0 Å². The van der Waals surface area contributed by atoms with E-state index >= 15 is 0 Å². The minimum absolute atomic E-state index is 0.0475. The summed E-state index contributed by atoms with van der Waals surface area (Å²) < 4.78 is 0.885. The summed E-state index contributed by atoms with van der Waals surface area (Å²) in [6.45, 7) is 4.00. The number of aryl methyl sites for hydroxylation is 1. The molecule has 6 heteroatoms. The van der Waals surface area contributed by atoms with Crippen LogP contribution in [0.2, 0.25) is 0 Å². The smallest absolute Gasteiger partial charge is 0.228 e. The lowest BCUT2D eigenvalue weighted by Crippen LogP contribution is -2.25. The topological polar surface area (TPSA) is 50.3 Å². The summed E-state index contributed by atoms with van der Waals surface area (Å²) in [6, 6.07) is 1.89. The predicted octanol–water partition coefficient (Wildman–Crippen LogP) is 2.54. The average Bonchev–Trinajstić information content (AvgIpc) is 2.62. The zero-order valence-corrected chi connectivity index (χ0v) is 12.5. The first-order valence-electron chi connectivity index (χ1n) is 5.57. The second kappa shape index (κ2) is 5.40. The van der Waals surface area contributed by atoms with Gasteiger partial charge < -0.3 is 4.90 Å². The number of hydrogen-bond donors (Lipinski definition) is 0. The molecular weight excluding hydrogens is 316 g/mol. The van der Waals surface area contributed by atoms with Crippen LogP contribution in [-0.2, 0) is 9.59 Å². The van der Waals surface area contributed by atoms with Gasteiger partial charge >= 0.3 is 0 Å². The summed E-state index contributed by atoms with van der Waals surface area (Å²) in [4.78, 5) is 28.9. The van der Waals surface area contributed by atoms with Gasteiger partial charge in [0.2, 0.25) is 5.91 Å². The predicted molar refractivity (Wildman–Crippen MR) is 75.7 cm³/mol. The number of aromatic nitrogens is 1. The lowest BCUT2D eigenvalue weighted by atomic mass is 10.3. The maximum Gasteiger partial charge on any atom is 0.228 e. The molecule has 0 spiro atoms. The highest BCUT2D eigenvalue weighted by Gasteiger charge is 2.32. The first-order valence-corrected chi connectivity index (χ1v) is 7.24. The number of thioether (sulfide) groups is 1. The molecule has 2 heterocycles. The van der Waals surface area contributed by atoms with E-state index in [-0.39, 0.29) is 16.3 Å². The van der Waals surface area contributed by atoms with Gasteiger partial charge in [0.15, 0.2) is 5.12 Å². The summed E-state index contributed by atoms with van der Waals surface area (Å²) in [5.41, 5.74) is 1.67. The molecule has 1 saturated heterocycles. The summed E-state index contributed by atoms with van der Waals surface area (Å²) in [7, 11) is 0. The number of nitrogens with zero attached hydrogens (tertiary/aromatic N) is 2. The Labute approximate surface area is 118 Å². The van der Waals surface area contributed by atoms with Crippen LogP contribution in [0, 0.1) is 6.92 Å². The van der Waals surface area contributed by atoms with E-state index in [2.05, 4.69) is 20.9 Å². The molecule has 18 heavy (non-hydrogen) atoms. The van der Waals surface area contributed by atoms with E-state index in [1.54, 1.807) is 11.1 Å². The van der Waals surface area contributed by atoms with Gasteiger partial charge in [-0.15, -0.1) is 0 Å².